The zero-order valence-corrected chi connectivity index (χ0v) is 14.4. The van der Waals surface area contributed by atoms with E-state index in [0.29, 0.717) is 4.90 Å². The Bertz CT molecular complexity index is 636. The fourth-order valence-electron chi connectivity index (χ4n) is 3.84. The number of hydrogen-bond acceptors (Lipinski definition) is 3. The van der Waals surface area contributed by atoms with Crippen LogP contribution in [0, 0.1) is 5.92 Å². The normalized spacial score (nSPS) is 20.9. The van der Waals surface area contributed by atoms with Crippen molar-refractivity contribution in [2.75, 3.05) is 6.54 Å². The first-order valence-corrected chi connectivity index (χ1v) is 10.3. The number of nitrogens with one attached hydrogen (secondary N) is 1. The summed E-state index contributed by atoms with van der Waals surface area (Å²) in [7, 11) is -3.54. The van der Waals surface area contributed by atoms with Gasteiger partial charge in [0, 0.05) is 6.54 Å². The molecule has 0 heterocycles. The average Bonchev–Trinajstić information content (AvgIpc) is 2.60. The quantitative estimate of drug-likeness (QED) is 0.868. The summed E-state index contributed by atoms with van der Waals surface area (Å²) in [5.41, 5.74) is 2.43. The van der Waals surface area contributed by atoms with Crippen LogP contribution in [0.25, 0.3) is 0 Å². The van der Waals surface area contributed by atoms with Crippen molar-refractivity contribution in [1.29, 1.82) is 0 Å². The molecular formula is C18H27NO3S. The lowest BCUT2D eigenvalue weighted by atomic mass is 9.85. The molecule has 5 heteroatoms. The van der Waals surface area contributed by atoms with Gasteiger partial charge in [0.05, 0.1) is 11.0 Å². The van der Waals surface area contributed by atoms with Crippen LogP contribution in [0.3, 0.4) is 0 Å². The molecule has 23 heavy (non-hydrogen) atoms. The Hall–Kier alpha value is -0.910. The molecule has 2 aliphatic carbocycles. The first-order chi connectivity index (χ1) is 11.1. The number of sulfonamides is 1. The molecule has 0 spiro atoms. The van der Waals surface area contributed by atoms with E-state index < -0.39 is 16.1 Å². The van der Waals surface area contributed by atoms with Crippen molar-refractivity contribution in [2.45, 2.75) is 68.8 Å². The number of rotatable bonds is 5. The first kappa shape index (κ1) is 16.9. The molecule has 1 fully saturated rings. The van der Waals surface area contributed by atoms with Gasteiger partial charge in [-0.05, 0) is 67.7 Å². The Balaban J connectivity index is 1.64. The van der Waals surface area contributed by atoms with Crippen molar-refractivity contribution in [3.63, 3.8) is 0 Å². The molecular weight excluding hydrogens is 310 g/mol. The Morgan fingerprint density at radius 2 is 1.74 bits per heavy atom. The van der Waals surface area contributed by atoms with Gasteiger partial charge in [0.25, 0.3) is 0 Å². The number of aliphatic hydroxyl groups excluding tert-OH is 1. The highest BCUT2D eigenvalue weighted by Gasteiger charge is 2.24. The molecule has 1 saturated carbocycles. The SMILES string of the molecule is O=S(=O)(NCC(O)C1CCCCC1)c1ccc2c(c1)CCCC2. The minimum Gasteiger partial charge on any atom is -0.391 e. The number of fused-ring (bicyclic) bond motifs is 1. The third-order valence-corrected chi connectivity index (χ3v) is 6.73. The Morgan fingerprint density at radius 3 is 2.48 bits per heavy atom. The molecule has 0 amide bonds. The lowest BCUT2D eigenvalue weighted by Gasteiger charge is -2.26. The molecule has 128 valence electrons. The minimum atomic E-state index is -3.54. The van der Waals surface area contributed by atoms with Gasteiger partial charge in [0.1, 0.15) is 0 Å². The predicted octanol–water partition coefficient (Wildman–Crippen LogP) is 2.78. The third-order valence-electron chi connectivity index (χ3n) is 5.31. The van der Waals surface area contributed by atoms with Crippen LogP contribution in [-0.2, 0) is 22.9 Å². The highest BCUT2D eigenvalue weighted by Crippen LogP contribution is 2.27. The van der Waals surface area contributed by atoms with E-state index in [4.69, 9.17) is 0 Å². The van der Waals surface area contributed by atoms with Crippen molar-refractivity contribution in [1.82, 2.24) is 4.72 Å². The molecule has 0 saturated heterocycles. The molecule has 4 nitrogen and oxygen atoms in total. The Kier molecular flexibility index (Phi) is 5.39. The average molecular weight is 337 g/mol. The molecule has 2 aliphatic rings. The fourth-order valence-corrected chi connectivity index (χ4v) is 4.94. The highest BCUT2D eigenvalue weighted by atomic mass is 32.2. The van der Waals surface area contributed by atoms with Crippen molar-refractivity contribution in [3.8, 4) is 0 Å². The molecule has 0 radical (unpaired) electrons. The number of aliphatic hydroxyl groups is 1. The van der Waals surface area contributed by atoms with Crippen molar-refractivity contribution >= 4 is 10.0 Å². The van der Waals surface area contributed by atoms with E-state index in [-0.39, 0.29) is 12.5 Å². The molecule has 3 rings (SSSR count). The number of benzene rings is 1. The summed E-state index contributed by atoms with van der Waals surface area (Å²) >= 11 is 0. The molecule has 0 aliphatic heterocycles. The van der Waals surface area contributed by atoms with Gasteiger partial charge in [0.2, 0.25) is 10.0 Å². The second kappa shape index (κ2) is 7.32. The third kappa shape index (κ3) is 4.14. The summed E-state index contributed by atoms with van der Waals surface area (Å²) in [6, 6.07) is 5.45. The monoisotopic (exact) mass is 337 g/mol. The molecule has 2 N–H and O–H groups in total. The van der Waals surface area contributed by atoms with E-state index in [1.807, 2.05) is 12.1 Å². The van der Waals surface area contributed by atoms with Crippen LogP contribution in [0.4, 0.5) is 0 Å². The van der Waals surface area contributed by atoms with Crippen molar-refractivity contribution in [3.05, 3.63) is 29.3 Å². The zero-order valence-electron chi connectivity index (χ0n) is 13.6. The Morgan fingerprint density at radius 1 is 1.04 bits per heavy atom. The molecule has 1 aromatic carbocycles. The molecule has 1 aromatic rings. The number of hydrogen-bond donors (Lipinski definition) is 2. The van der Waals surface area contributed by atoms with Crippen LogP contribution in [0.15, 0.2) is 23.1 Å². The summed E-state index contributed by atoms with van der Waals surface area (Å²) in [4.78, 5) is 0.328. The van der Waals surface area contributed by atoms with E-state index in [1.165, 1.54) is 18.4 Å². The highest BCUT2D eigenvalue weighted by molar-refractivity contribution is 7.89. The lowest BCUT2D eigenvalue weighted by Crippen LogP contribution is -2.37. The maximum atomic E-state index is 12.5. The van der Waals surface area contributed by atoms with Crippen LogP contribution < -0.4 is 4.72 Å². The van der Waals surface area contributed by atoms with Crippen molar-refractivity contribution < 1.29 is 13.5 Å². The standard InChI is InChI=1S/C18H27NO3S/c20-18(15-7-2-1-3-8-15)13-19-23(21,22)17-11-10-14-6-4-5-9-16(14)12-17/h10-12,15,18-20H,1-9,13H2. The van der Waals surface area contributed by atoms with Gasteiger partial charge in [-0.2, -0.15) is 0 Å². The van der Waals surface area contributed by atoms with Gasteiger partial charge in [-0.15, -0.1) is 0 Å². The number of aryl methyl sites for hydroxylation is 2. The van der Waals surface area contributed by atoms with Crippen LogP contribution in [0.2, 0.25) is 0 Å². The molecule has 1 atom stereocenters. The molecule has 0 bridgehead atoms. The van der Waals surface area contributed by atoms with E-state index in [0.717, 1.165) is 50.5 Å². The zero-order chi connectivity index (χ0) is 16.3. The van der Waals surface area contributed by atoms with Gasteiger partial charge in [-0.3, -0.25) is 0 Å². The summed E-state index contributed by atoms with van der Waals surface area (Å²) in [6.07, 6.45) is 9.25. The largest absolute Gasteiger partial charge is 0.391 e. The fraction of sp³-hybridized carbons (Fsp3) is 0.667. The second-order valence-electron chi connectivity index (χ2n) is 6.95. The molecule has 0 aromatic heterocycles. The summed E-state index contributed by atoms with van der Waals surface area (Å²) in [5, 5.41) is 10.2. The van der Waals surface area contributed by atoms with E-state index in [2.05, 4.69) is 4.72 Å². The maximum Gasteiger partial charge on any atom is 0.240 e. The Labute approximate surface area is 139 Å². The lowest BCUT2D eigenvalue weighted by molar-refractivity contribution is 0.0888. The summed E-state index contributed by atoms with van der Waals surface area (Å²) in [6.45, 7) is 0.115. The first-order valence-electron chi connectivity index (χ1n) is 8.86. The predicted molar refractivity (Wildman–Crippen MR) is 90.9 cm³/mol. The topological polar surface area (TPSA) is 66.4 Å². The minimum absolute atomic E-state index is 0.115. The van der Waals surface area contributed by atoms with Crippen LogP contribution in [0.1, 0.15) is 56.1 Å². The van der Waals surface area contributed by atoms with Gasteiger partial charge >= 0.3 is 0 Å². The summed E-state index contributed by atoms with van der Waals surface area (Å²) < 4.78 is 27.6. The van der Waals surface area contributed by atoms with Gasteiger partial charge in [-0.1, -0.05) is 25.3 Å². The van der Waals surface area contributed by atoms with Gasteiger partial charge in [0.15, 0.2) is 0 Å². The maximum absolute atomic E-state index is 12.5. The van der Waals surface area contributed by atoms with Crippen LogP contribution in [-0.4, -0.2) is 26.2 Å². The molecule has 1 unspecified atom stereocenters. The van der Waals surface area contributed by atoms with E-state index in [1.54, 1.807) is 6.07 Å². The van der Waals surface area contributed by atoms with Gasteiger partial charge in [-0.25, -0.2) is 13.1 Å². The van der Waals surface area contributed by atoms with Gasteiger partial charge < -0.3 is 5.11 Å². The van der Waals surface area contributed by atoms with Crippen molar-refractivity contribution in [2.24, 2.45) is 5.92 Å². The van der Waals surface area contributed by atoms with Crippen LogP contribution >= 0.6 is 0 Å². The van der Waals surface area contributed by atoms with E-state index in [9.17, 15) is 13.5 Å². The second-order valence-corrected chi connectivity index (χ2v) is 8.72. The van der Waals surface area contributed by atoms with Crippen LogP contribution in [0.5, 0.6) is 0 Å². The van der Waals surface area contributed by atoms with E-state index >= 15 is 0 Å². The smallest absolute Gasteiger partial charge is 0.240 e. The summed E-state index contributed by atoms with van der Waals surface area (Å²) in [5.74, 6) is 0.231.